The number of pyridine rings is 1. The Morgan fingerprint density at radius 1 is 1.27 bits per heavy atom. The molecule has 1 saturated heterocycles. The molecule has 22 heavy (non-hydrogen) atoms. The molecule has 2 aromatic rings. The smallest absolute Gasteiger partial charge is 0.247 e. The minimum atomic E-state index is -0.302. The lowest BCUT2D eigenvalue weighted by molar-refractivity contribution is -0.118. The lowest BCUT2D eigenvalue weighted by atomic mass is 10.1. The summed E-state index contributed by atoms with van der Waals surface area (Å²) in [4.78, 5) is 22.9. The van der Waals surface area contributed by atoms with Crippen molar-refractivity contribution in [1.29, 1.82) is 0 Å². The van der Waals surface area contributed by atoms with Crippen LogP contribution in [-0.4, -0.2) is 33.5 Å². The Hall–Kier alpha value is -2.37. The van der Waals surface area contributed by atoms with Crippen LogP contribution in [0.5, 0.6) is 0 Å². The molecular formula is C16H21N5O. The number of aromatic nitrogens is 3. The molecular weight excluding hydrogens is 278 g/mol. The maximum absolute atomic E-state index is 12.2. The highest BCUT2D eigenvalue weighted by Gasteiger charge is 2.15. The Kier molecular flexibility index (Phi) is 4.37. The fraction of sp³-hybridized carbons (Fsp3) is 0.438. The molecule has 0 spiro atoms. The first-order chi connectivity index (χ1) is 10.7. The van der Waals surface area contributed by atoms with Crippen LogP contribution < -0.4 is 10.2 Å². The zero-order valence-electron chi connectivity index (χ0n) is 12.8. The van der Waals surface area contributed by atoms with E-state index < -0.39 is 0 Å². The first-order valence-corrected chi connectivity index (χ1v) is 7.73. The van der Waals surface area contributed by atoms with Gasteiger partial charge in [-0.3, -0.25) is 4.79 Å². The van der Waals surface area contributed by atoms with Crippen LogP contribution >= 0.6 is 0 Å². The average molecular weight is 299 g/mol. The van der Waals surface area contributed by atoms with E-state index in [4.69, 9.17) is 0 Å². The molecule has 1 aliphatic heterocycles. The van der Waals surface area contributed by atoms with Crippen LogP contribution in [0.3, 0.4) is 0 Å². The number of anilines is 2. The van der Waals surface area contributed by atoms with Crippen molar-refractivity contribution in [3.63, 3.8) is 0 Å². The van der Waals surface area contributed by atoms with Crippen LogP contribution in [0, 0.1) is 0 Å². The number of rotatable bonds is 4. The molecule has 0 saturated carbocycles. The molecule has 6 heteroatoms. The number of hydrogen-bond acceptors (Lipinski definition) is 4. The van der Waals surface area contributed by atoms with E-state index in [1.165, 1.54) is 19.3 Å². The topological polar surface area (TPSA) is 63.1 Å². The third kappa shape index (κ3) is 3.27. The van der Waals surface area contributed by atoms with Gasteiger partial charge in [0.2, 0.25) is 5.91 Å². The first-order valence-electron chi connectivity index (χ1n) is 7.73. The predicted octanol–water partition coefficient (Wildman–Crippen LogP) is 2.47. The summed E-state index contributed by atoms with van der Waals surface area (Å²) in [5.74, 6) is 0.908. The van der Waals surface area contributed by atoms with Crippen molar-refractivity contribution in [3.8, 4) is 0 Å². The molecule has 1 fully saturated rings. The first kappa shape index (κ1) is 14.6. The van der Waals surface area contributed by atoms with Gasteiger partial charge in [0.15, 0.2) is 0 Å². The Bertz CT molecular complexity index is 602. The maximum Gasteiger partial charge on any atom is 0.247 e. The predicted molar refractivity (Wildman–Crippen MR) is 85.9 cm³/mol. The highest BCUT2D eigenvalue weighted by molar-refractivity contribution is 5.93. The van der Waals surface area contributed by atoms with E-state index in [0.29, 0.717) is 0 Å². The van der Waals surface area contributed by atoms with E-state index in [9.17, 15) is 4.79 Å². The van der Waals surface area contributed by atoms with Crippen LogP contribution in [0.25, 0.3) is 0 Å². The summed E-state index contributed by atoms with van der Waals surface area (Å²) < 4.78 is 1.77. The van der Waals surface area contributed by atoms with Crippen LogP contribution in [-0.2, 0) is 4.79 Å². The summed E-state index contributed by atoms with van der Waals surface area (Å²) in [5.41, 5.74) is 0.720. The van der Waals surface area contributed by atoms with E-state index in [1.54, 1.807) is 29.5 Å². The number of nitrogens with zero attached hydrogens (tertiary/aromatic N) is 4. The van der Waals surface area contributed by atoms with Gasteiger partial charge in [0.25, 0.3) is 0 Å². The summed E-state index contributed by atoms with van der Waals surface area (Å²) in [6.07, 6.45) is 10.6. The molecule has 1 aliphatic rings. The summed E-state index contributed by atoms with van der Waals surface area (Å²) >= 11 is 0. The third-order valence-electron chi connectivity index (χ3n) is 4.05. The summed E-state index contributed by atoms with van der Waals surface area (Å²) in [5, 5.41) is 2.89. The zero-order chi connectivity index (χ0) is 15.4. The molecule has 116 valence electrons. The van der Waals surface area contributed by atoms with Crippen LogP contribution in [0.2, 0.25) is 0 Å². The van der Waals surface area contributed by atoms with Crippen molar-refractivity contribution >= 4 is 17.4 Å². The van der Waals surface area contributed by atoms with Crippen molar-refractivity contribution in [2.24, 2.45) is 0 Å². The largest absolute Gasteiger partial charge is 0.357 e. The van der Waals surface area contributed by atoms with Crippen LogP contribution in [0.1, 0.15) is 32.2 Å². The number of carbonyl (C=O) groups excluding carboxylic acids is 1. The molecule has 1 N–H and O–H groups in total. The monoisotopic (exact) mass is 299 g/mol. The molecule has 6 nitrogen and oxygen atoms in total. The number of imidazole rings is 1. The summed E-state index contributed by atoms with van der Waals surface area (Å²) in [6, 6.07) is 3.59. The van der Waals surface area contributed by atoms with Crippen molar-refractivity contribution in [2.75, 3.05) is 23.3 Å². The van der Waals surface area contributed by atoms with E-state index in [-0.39, 0.29) is 11.9 Å². The summed E-state index contributed by atoms with van der Waals surface area (Å²) in [6.45, 7) is 3.97. The maximum atomic E-state index is 12.2. The quantitative estimate of drug-likeness (QED) is 0.942. The minimum absolute atomic E-state index is 0.0782. The SMILES string of the molecule is CC(C(=O)Nc1ccc(N2CCCCC2)nc1)n1ccnc1. The molecule has 0 bridgehead atoms. The number of piperidine rings is 1. The Morgan fingerprint density at radius 3 is 2.73 bits per heavy atom. The van der Waals surface area contributed by atoms with Gasteiger partial charge < -0.3 is 14.8 Å². The third-order valence-corrected chi connectivity index (χ3v) is 4.05. The van der Waals surface area contributed by atoms with Crippen molar-refractivity contribution in [1.82, 2.24) is 14.5 Å². The van der Waals surface area contributed by atoms with E-state index in [0.717, 1.165) is 24.6 Å². The Morgan fingerprint density at radius 2 is 2.09 bits per heavy atom. The molecule has 3 rings (SSSR count). The second-order valence-electron chi connectivity index (χ2n) is 5.63. The minimum Gasteiger partial charge on any atom is -0.357 e. The molecule has 1 atom stereocenters. The van der Waals surface area contributed by atoms with Gasteiger partial charge in [0, 0.05) is 25.5 Å². The lowest BCUT2D eigenvalue weighted by Gasteiger charge is -2.27. The van der Waals surface area contributed by atoms with Gasteiger partial charge in [-0.05, 0) is 38.3 Å². The van der Waals surface area contributed by atoms with E-state index in [1.807, 2.05) is 19.1 Å². The van der Waals surface area contributed by atoms with Gasteiger partial charge in [-0.25, -0.2) is 9.97 Å². The standard InChI is InChI=1S/C16H21N5O/c1-13(21-10-7-17-12-21)16(22)19-14-5-6-15(18-11-14)20-8-3-2-4-9-20/h5-7,10-13H,2-4,8-9H2,1H3,(H,19,22). The van der Waals surface area contributed by atoms with Crippen molar-refractivity contribution in [2.45, 2.75) is 32.2 Å². The van der Waals surface area contributed by atoms with Crippen LogP contribution in [0.15, 0.2) is 37.1 Å². The highest BCUT2D eigenvalue weighted by atomic mass is 16.2. The van der Waals surface area contributed by atoms with E-state index in [2.05, 4.69) is 20.2 Å². The van der Waals surface area contributed by atoms with Gasteiger partial charge >= 0.3 is 0 Å². The lowest BCUT2D eigenvalue weighted by Crippen LogP contribution is -2.30. The second-order valence-corrected chi connectivity index (χ2v) is 5.63. The van der Waals surface area contributed by atoms with Gasteiger partial charge in [0.05, 0.1) is 18.2 Å². The van der Waals surface area contributed by atoms with Crippen molar-refractivity contribution < 1.29 is 4.79 Å². The number of carbonyl (C=O) groups is 1. The van der Waals surface area contributed by atoms with E-state index >= 15 is 0 Å². The van der Waals surface area contributed by atoms with Gasteiger partial charge in [-0.15, -0.1) is 0 Å². The van der Waals surface area contributed by atoms with Crippen LogP contribution in [0.4, 0.5) is 11.5 Å². The fourth-order valence-electron chi connectivity index (χ4n) is 2.65. The Labute approximate surface area is 130 Å². The Balaban J connectivity index is 1.62. The molecule has 1 unspecified atom stereocenters. The number of hydrogen-bond donors (Lipinski definition) is 1. The summed E-state index contributed by atoms with van der Waals surface area (Å²) in [7, 11) is 0. The molecule has 0 aromatic carbocycles. The number of amides is 1. The fourth-order valence-corrected chi connectivity index (χ4v) is 2.65. The second kappa shape index (κ2) is 6.60. The zero-order valence-corrected chi connectivity index (χ0v) is 12.8. The molecule has 3 heterocycles. The number of nitrogens with one attached hydrogen (secondary N) is 1. The molecule has 0 radical (unpaired) electrons. The molecule has 2 aromatic heterocycles. The molecule has 1 amide bonds. The average Bonchev–Trinajstić information content (AvgIpc) is 3.10. The normalized spacial score (nSPS) is 16.3. The van der Waals surface area contributed by atoms with Crippen molar-refractivity contribution in [3.05, 3.63) is 37.1 Å². The highest BCUT2D eigenvalue weighted by Crippen LogP contribution is 2.19. The van der Waals surface area contributed by atoms with Gasteiger partial charge in [-0.2, -0.15) is 0 Å². The molecule has 0 aliphatic carbocycles. The van der Waals surface area contributed by atoms with Gasteiger partial charge in [-0.1, -0.05) is 0 Å². The van der Waals surface area contributed by atoms with Gasteiger partial charge in [0.1, 0.15) is 11.9 Å².